The van der Waals surface area contributed by atoms with E-state index in [0.717, 1.165) is 11.8 Å². The second-order valence-corrected chi connectivity index (χ2v) is 6.35. The molecular weight excluding hydrogens is 340 g/mol. The van der Waals surface area contributed by atoms with Gasteiger partial charge in [-0.25, -0.2) is 0 Å². The van der Waals surface area contributed by atoms with Gasteiger partial charge in [0.1, 0.15) is 4.32 Å². The molecule has 1 saturated heterocycles. The number of thioether (sulfide) groups is 1. The molecule has 1 amide bonds. The molecule has 0 atom stereocenters. The van der Waals surface area contributed by atoms with E-state index in [-0.39, 0.29) is 23.0 Å². The SMILES string of the molecule is C/C(=C1/SC(=S)N(CCC(=O)[O-])C1=O)c1cccc([N+](=O)[O-])c1. The van der Waals surface area contributed by atoms with Crippen molar-refractivity contribution < 1.29 is 19.6 Å². The third kappa shape index (κ3) is 3.74. The molecule has 1 heterocycles. The van der Waals surface area contributed by atoms with Crippen molar-refractivity contribution in [1.29, 1.82) is 0 Å². The van der Waals surface area contributed by atoms with Crippen LogP contribution in [0.4, 0.5) is 5.69 Å². The molecule has 1 fully saturated rings. The Bertz CT molecular complexity index is 744. The molecule has 23 heavy (non-hydrogen) atoms. The number of carboxylic acids is 1. The lowest BCUT2D eigenvalue weighted by molar-refractivity contribution is -0.384. The van der Waals surface area contributed by atoms with Crippen LogP contribution in [0.25, 0.3) is 5.57 Å². The van der Waals surface area contributed by atoms with Gasteiger partial charge in [0.05, 0.1) is 9.83 Å². The fourth-order valence-corrected chi connectivity index (χ4v) is 3.36. The second kappa shape index (κ2) is 6.88. The maximum atomic E-state index is 12.4. The highest BCUT2D eigenvalue weighted by Crippen LogP contribution is 2.37. The Morgan fingerprint density at radius 1 is 1.43 bits per heavy atom. The van der Waals surface area contributed by atoms with Crippen LogP contribution in [0.3, 0.4) is 0 Å². The van der Waals surface area contributed by atoms with Crippen molar-refractivity contribution in [2.24, 2.45) is 0 Å². The summed E-state index contributed by atoms with van der Waals surface area (Å²) in [5.41, 5.74) is 1.02. The number of aliphatic carboxylic acids is 1. The molecule has 1 aromatic rings. The van der Waals surface area contributed by atoms with Crippen LogP contribution in [-0.4, -0.2) is 32.6 Å². The van der Waals surface area contributed by atoms with Gasteiger partial charge in [0, 0.05) is 31.1 Å². The fraction of sp³-hybridized carbons (Fsp3) is 0.214. The summed E-state index contributed by atoms with van der Waals surface area (Å²) in [7, 11) is 0. The van der Waals surface area contributed by atoms with Gasteiger partial charge in [-0.2, -0.15) is 0 Å². The number of hydrogen-bond donors (Lipinski definition) is 0. The molecule has 7 nitrogen and oxygen atoms in total. The maximum absolute atomic E-state index is 12.4. The van der Waals surface area contributed by atoms with Crippen LogP contribution in [0.2, 0.25) is 0 Å². The minimum Gasteiger partial charge on any atom is -0.550 e. The van der Waals surface area contributed by atoms with E-state index >= 15 is 0 Å². The van der Waals surface area contributed by atoms with E-state index in [4.69, 9.17) is 12.2 Å². The Morgan fingerprint density at radius 2 is 2.13 bits per heavy atom. The lowest BCUT2D eigenvalue weighted by Crippen LogP contribution is -2.33. The van der Waals surface area contributed by atoms with Gasteiger partial charge in [-0.05, 0) is 18.1 Å². The number of nitro benzene ring substituents is 1. The van der Waals surface area contributed by atoms with E-state index in [0.29, 0.717) is 16.0 Å². The summed E-state index contributed by atoms with van der Waals surface area (Å²) >= 11 is 6.15. The summed E-state index contributed by atoms with van der Waals surface area (Å²) in [6, 6.07) is 5.94. The number of amides is 1. The Morgan fingerprint density at radius 3 is 2.74 bits per heavy atom. The summed E-state index contributed by atoms with van der Waals surface area (Å²) in [6.45, 7) is 1.61. The zero-order valence-corrected chi connectivity index (χ0v) is 13.6. The van der Waals surface area contributed by atoms with Crippen LogP contribution in [0.15, 0.2) is 29.2 Å². The Hall–Kier alpha value is -2.26. The van der Waals surface area contributed by atoms with Crippen molar-refractivity contribution >= 4 is 51.4 Å². The molecular formula is C14H11N2O5S2-. The van der Waals surface area contributed by atoms with Crippen LogP contribution >= 0.6 is 24.0 Å². The van der Waals surface area contributed by atoms with Crippen LogP contribution in [0.1, 0.15) is 18.9 Å². The number of non-ortho nitro benzene ring substituents is 1. The molecule has 0 saturated carbocycles. The first kappa shape index (κ1) is 17.1. The quantitative estimate of drug-likeness (QED) is 0.341. The summed E-state index contributed by atoms with van der Waals surface area (Å²) in [4.78, 5) is 34.8. The predicted molar refractivity (Wildman–Crippen MR) is 87.2 cm³/mol. The molecule has 2 rings (SSSR count). The molecule has 0 bridgehead atoms. The highest BCUT2D eigenvalue weighted by molar-refractivity contribution is 8.26. The van der Waals surface area contributed by atoms with Gasteiger partial charge in [0.2, 0.25) is 0 Å². The number of hydrogen-bond acceptors (Lipinski definition) is 7. The molecule has 0 N–H and O–H groups in total. The topological polar surface area (TPSA) is 104 Å². The minimum atomic E-state index is -1.27. The number of carbonyl (C=O) groups is 2. The third-order valence-electron chi connectivity index (χ3n) is 3.22. The first-order valence-corrected chi connectivity index (χ1v) is 7.73. The van der Waals surface area contributed by atoms with Gasteiger partial charge in [0.15, 0.2) is 0 Å². The number of nitro groups is 1. The van der Waals surface area contributed by atoms with Gasteiger partial charge in [-0.15, -0.1) is 0 Å². The van der Waals surface area contributed by atoms with E-state index in [9.17, 15) is 24.8 Å². The number of carboxylic acid groups (broad SMARTS) is 1. The largest absolute Gasteiger partial charge is 0.550 e. The van der Waals surface area contributed by atoms with E-state index in [2.05, 4.69) is 0 Å². The summed E-state index contributed by atoms with van der Waals surface area (Å²) in [5, 5.41) is 21.4. The standard InChI is InChI=1S/C14H12N2O5S2/c1-8(9-3-2-4-10(7-9)16(20)21)12-13(19)15(14(22)23-12)6-5-11(17)18/h2-4,7H,5-6H2,1H3,(H,17,18)/p-1/b12-8-. The first-order chi connectivity index (χ1) is 10.8. The molecule has 0 spiro atoms. The fourth-order valence-electron chi connectivity index (χ4n) is 2.01. The summed E-state index contributed by atoms with van der Waals surface area (Å²) in [5.74, 6) is -1.66. The first-order valence-electron chi connectivity index (χ1n) is 6.50. The van der Waals surface area contributed by atoms with Crippen LogP contribution in [0.5, 0.6) is 0 Å². The average Bonchev–Trinajstić information content (AvgIpc) is 2.79. The van der Waals surface area contributed by atoms with Crippen molar-refractivity contribution in [2.45, 2.75) is 13.3 Å². The predicted octanol–water partition coefficient (Wildman–Crippen LogP) is 1.33. The highest BCUT2D eigenvalue weighted by atomic mass is 32.2. The monoisotopic (exact) mass is 351 g/mol. The minimum absolute atomic E-state index is 0.0568. The van der Waals surface area contributed by atoms with Gasteiger partial charge >= 0.3 is 0 Å². The van der Waals surface area contributed by atoms with Crippen molar-refractivity contribution in [1.82, 2.24) is 4.90 Å². The summed E-state index contributed by atoms with van der Waals surface area (Å²) < 4.78 is 0.260. The number of rotatable bonds is 5. The molecule has 120 valence electrons. The van der Waals surface area contributed by atoms with E-state index in [1.54, 1.807) is 13.0 Å². The molecule has 0 aliphatic carbocycles. The van der Waals surface area contributed by atoms with Crippen molar-refractivity contribution in [3.63, 3.8) is 0 Å². The Labute approximate surface area is 141 Å². The number of allylic oxidation sites excluding steroid dienone is 1. The zero-order valence-electron chi connectivity index (χ0n) is 12.0. The van der Waals surface area contributed by atoms with Crippen LogP contribution < -0.4 is 5.11 Å². The zero-order chi connectivity index (χ0) is 17.1. The molecule has 1 aliphatic heterocycles. The lowest BCUT2D eigenvalue weighted by Gasteiger charge is -2.14. The normalized spacial score (nSPS) is 16.7. The molecule has 0 radical (unpaired) electrons. The highest BCUT2D eigenvalue weighted by Gasteiger charge is 2.33. The lowest BCUT2D eigenvalue weighted by atomic mass is 10.1. The van der Waals surface area contributed by atoms with Crippen molar-refractivity contribution in [3.8, 4) is 0 Å². The van der Waals surface area contributed by atoms with E-state index in [1.807, 2.05) is 0 Å². The van der Waals surface area contributed by atoms with E-state index in [1.165, 1.54) is 23.1 Å². The molecule has 1 aromatic carbocycles. The molecule has 0 unspecified atom stereocenters. The van der Waals surface area contributed by atoms with Crippen molar-refractivity contribution in [2.75, 3.05) is 6.54 Å². The number of benzene rings is 1. The Kier molecular flexibility index (Phi) is 5.12. The van der Waals surface area contributed by atoms with Crippen molar-refractivity contribution in [3.05, 3.63) is 44.8 Å². The smallest absolute Gasteiger partial charge is 0.270 e. The Balaban J connectivity index is 2.32. The van der Waals surface area contributed by atoms with E-state index < -0.39 is 16.8 Å². The number of carbonyl (C=O) groups excluding carboxylic acids is 2. The number of thiocarbonyl (C=S) groups is 1. The van der Waals surface area contributed by atoms with Gasteiger partial charge in [-0.3, -0.25) is 19.8 Å². The van der Waals surface area contributed by atoms with Gasteiger partial charge in [-0.1, -0.05) is 36.1 Å². The molecule has 1 aliphatic rings. The van der Waals surface area contributed by atoms with Crippen LogP contribution in [-0.2, 0) is 9.59 Å². The van der Waals surface area contributed by atoms with Gasteiger partial charge in [0.25, 0.3) is 11.6 Å². The second-order valence-electron chi connectivity index (χ2n) is 4.71. The maximum Gasteiger partial charge on any atom is 0.270 e. The average molecular weight is 351 g/mol. The van der Waals surface area contributed by atoms with Crippen LogP contribution in [0, 0.1) is 10.1 Å². The molecule has 9 heteroatoms. The summed E-state index contributed by atoms with van der Waals surface area (Å²) in [6.07, 6.45) is -0.310. The van der Waals surface area contributed by atoms with Gasteiger partial charge < -0.3 is 9.90 Å². The number of nitrogens with zero attached hydrogens (tertiary/aromatic N) is 2. The molecule has 0 aromatic heterocycles. The third-order valence-corrected chi connectivity index (χ3v) is 4.77.